The number of hydrogen-bond acceptors (Lipinski definition) is 6. The average molecular weight is 444 g/mol. The van der Waals surface area contributed by atoms with Crippen LogP contribution in [0.2, 0.25) is 0 Å². The van der Waals surface area contributed by atoms with Crippen LogP contribution in [0.5, 0.6) is 5.88 Å². The van der Waals surface area contributed by atoms with Crippen molar-refractivity contribution >= 4 is 11.4 Å². The summed E-state index contributed by atoms with van der Waals surface area (Å²) in [7, 11) is 1.66. The molecule has 6 nitrogen and oxygen atoms in total. The summed E-state index contributed by atoms with van der Waals surface area (Å²) in [5.41, 5.74) is 14.1. The lowest BCUT2D eigenvalue weighted by atomic mass is 10.1. The van der Waals surface area contributed by atoms with Gasteiger partial charge in [-0.3, -0.25) is 10.9 Å². The first-order valence-electron chi connectivity index (χ1n) is 11.4. The van der Waals surface area contributed by atoms with Crippen molar-refractivity contribution in [2.75, 3.05) is 12.0 Å². The molecule has 4 rings (SSSR count). The maximum Gasteiger partial charge on any atom is 0.238 e. The van der Waals surface area contributed by atoms with Crippen LogP contribution in [-0.4, -0.2) is 12.1 Å². The molecular weight excluding hydrogens is 410 g/mol. The number of anilines is 1. The smallest absolute Gasteiger partial charge is 0.238 e. The highest BCUT2D eigenvalue weighted by atomic mass is 16.5. The van der Waals surface area contributed by atoms with Crippen molar-refractivity contribution in [3.63, 3.8) is 0 Å². The van der Waals surface area contributed by atoms with Crippen LogP contribution in [0.4, 0.5) is 5.69 Å². The predicted molar refractivity (Wildman–Crippen MR) is 135 cm³/mol. The lowest BCUT2D eigenvalue weighted by Gasteiger charge is -2.26. The van der Waals surface area contributed by atoms with Crippen molar-refractivity contribution in [1.82, 2.24) is 21.2 Å². The molecule has 0 aliphatic carbocycles. The number of ether oxygens (including phenoxy) is 1. The molecule has 0 saturated carbocycles. The number of rotatable bonds is 6. The molecule has 2 aliphatic rings. The van der Waals surface area contributed by atoms with Gasteiger partial charge in [0.05, 0.1) is 18.5 Å². The predicted octanol–water partition coefficient (Wildman–Crippen LogP) is 5.45. The van der Waals surface area contributed by atoms with E-state index in [0.717, 1.165) is 41.3 Å². The van der Waals surface area contributed by atoms with Crippen molar-refractivity contribution in [1.29, 1.82) is 0 Å². The normalized spacial score (nSPS) is 16.8. The van der Waals surface area contributed by atoms with Crippen molar-refractivity contribution in [2.24, 2.45) is 0 Å². The molecule has 0 radical (unpaired) electrons. The monoisotopic (exact) mass is 443 g/mol. The van der Waals surface area contributed by atoms with Crippen molar-refractivity contribution < 1.29 is 4.74 Å². The second kappa shape index (κ2) is 9.86. The molecule has 1 aromatic heterocycles. The first-order valence-corrected chi connectivity index (χ1v) is 11.4. The summed E-state index contributed by atoms with van der Waals surface area (Å²) in [6.07, 6.45) is 10.6. The van der Waals surface area contributed by atoms with Crippen LogP contribution < -0.4 is 25.8 Å². The zero-order valence-corrected chi connectivity index (χ0v) is 20.1. The molecule has 0 amide bonds. The van der Waals surface area contributed by atoms with Gasteiger partial charge in [0, 0.05) is 18.4 Å². The minimum absolute atomic E-state index is 0.176. The Morgan fingerprint density at radius 3 is 2.58 bits per heavy atom. The third-order valence-corrected chi connectivity index (χ3v) is 5.93. The van der Waals surface area contributed by atoms with Gasteiger partial charge in [-0.2, -0.15) is 0 Å². The molecule has 2 aliphatic heterocycles. The summed E-state index contributed by atoms with van der Waals surface area (Å²) in [6.45, 7) is 8.49. The second-order valence-corrected chi connectivity index (χ2v) is 8.67. The Morgan fingerprint density at radius 2 is 1.85 bits per heavy atom. The number of hydrazine groups is 1. The van der Waals surface area contributed by atoms with Crippen molar-refractivity contribution in [2.45, 2.75) is 46.6 Å². The van der Waals surface area contributed by atoms with Crippen LogP contribution in [0.3, 0.4) is 0 Å². The van der Waals surface area contributed by atoms with Crippen LogP contribution in [-0.2, 0) is 0 Å². The average Bonchev–Trinajstić information content (AvgIpc) is 3.04. The first-order chi connectivity index (χ1) is 15.9. The molecule has 0 saturated heterocycles. The van der Waals surface area contributed by atoms with E-state index in [1.807, 2.05) is 6.07 Å². The highest BCUT2D eigenvalue weighted by Gasteiger charge is 2.18. The standard InChI is InChI=1S/C27H33N5O/c1-18-9-11-22(12-10-18)21(4)28-26-20(3)16-24(30-31-26)23-13-14-25(27(29-23)33-5)32-15-7-6-8-19(2)17-32/h7,9-17,21,28,30-31H,6,8H2,1-5H3/t21-/m0/s1. The minimum atomic E-state index is 0.176. The lowest BCUT2D eigenvalue weighted by Crippen LogP contribution is -2.40. The molecule has 3 N–H and O–H groups in total. The Kier molecular flexibility index (Phi) is 6.73. The van der Waals surface area contributed by atoms with Crippen LogP contribution in [0.1, 0.15) is 56.5 Å². The molecule has 33 heavy (non-hydrogen) atoms. The fourth-order valence-electron chi connectivity index (χ4n) is 3.92. The molecule has 0 bridgehead atoms. The molecule has 1 aromatic carbocycles. The summed E-state index contributed by atoms with van der Waals surface area (Å²) in [5, 5.41) is 3.56. The van der Waals surface area contributed by atoms with Gasteiger partial charge in [0.1, 0.15) is 11.5 Å². The molecule has 1 atom stereocenters. The van der Waals surface area contributed by atoms with Crippen LogP contribution >= 0.6 is 0 Å². The molecule has 3 heterocycles. The van der Waals surface area contributed by atoms with E-state index in [1.165, 1.54) is 16.7 Å². The highest BCUT2D eigenvalue weighted by Crippen LogP contribution is 2.31. The second-order valence-electron chi connectivity index (χ2n) is 8.67. The van der Waals surface area contributed by atoms with Crippen molar-refractivity contribution in [3.8, 4) is 5.88 Å². The number of nitrogens with zero attached hydrogens (tertiary/aromatic N) is 2. The summed E-state index contributed by atoms with van der Waals surface area (Å²) >= 11 is 0. The number of aromatic nitrogens is 1. The maximum absolute atomic E-state index is 5.65. The number of benzene rings is 1. The molecule has 2 aromatic rings. The SMILES string of the molecule is COc1nc(C2=CC(C)=C(N[C@@H](C)c3ccc(C)cc3)NN2)ccc1N1C=CCCC(C)=C1. The zero-order valence-electron chi connectivity index (χ0n) is 20.1. The quantitative estimate of drug-likeness (QED) is 0.552. The van der Waals surface area contributed by atoms with Gasteiger partial charge in [-0.15, -0.1) is 0 Å². The minimum Gasteiger partial charge on any atom is -0.479 e. The van der Waals surface area contributed by atoms with E-state index in [-0.39, 0.29) is 6.04 Å². The van der Waals surface area contributed by atoms with Gasteiger partial charge in [-0.25, -0.2) is 4.98 Å². The maximum atomic E-state index is 5.65. The summed E-state index contributed by atoms with van der Waals surface area (Å²) < 4.78 is 5.65. The fourth-order valence-corrected chi connectivity index (χ4v) is 3.92. The Bertz CT molecular complexity index is 1130. The molecule has 6 heteroatoms. The van der Waals surface area contributed by atoms with E-state index >= 15 is 0 Å². The number of methoxy groups -OCH3 is 1. The number of pyridine rings is 1. The van der Waals surface area contributed by atoms with E-state index in [0.29, 0.717) is 5.88 Å². The Hall–Kier alpha value is -3.67. The van der Waals surface area contributed by atoms with Gasteiger partial charge in [0.25, 0.3) is 0 Å². The Labute approximate surface area is 196 Å². The largest absolute Gasteiger partial charge is 0.479 e. The molecule has 0 unspecified atom stereocenters. The van der Waals surface area contributed by atoms with Crippen molar-refractivity contribution in [3.05, 3.63) is 94.7 Å². The summed E-state index contributed by atoms with van der Waals surface area (Å²) in [6, 6.07) is 12.8. The van der Waals surface area contributed by atoms with Gasteiger partial charge < -0.3 is 15.0 Å². The number of allylic oxidation sites excluding steroid dienone is 4. The lowest BCUT2D eigenvalue weighted by molar-refractivity contribution is 0.398. The highest BCUT2D eigenvalue weighted by molar-refractivity contribution is 5.69. The first kappa shape index (κ1) is 22.5. The van der Waals surface area contributed by atoms with Gasteiger partial charge in [-0.1, -0.05) is 41.5 Å². The van der Waals surface area contributed by atoms with Gasteiger partial charge in [0.2, 0.25) is 5.88 Å². The van der Waals surface area contributed by atoms with E-state index < -0.39 is 0 Å². The Balaban J connectivity index is 1.55. The van der Waals surface area contributed by atoms with E-state index in [1.54, 1.807) is 7.11 Å². The van der Waals surface area contributed by atoms with Crippen LogP contribution in [0, 0.1) is 6.92 Å². The number of aryl methyl sites for hydroxylation is 1. The summed E-state index contributed by atoms with van der Waals surface area (Å²) in [4.78, 5) is 6.86. The number of hydrogen-bond donors (Lipinski definition) is 3. The van der Waals surface area contributed by atoms with Crippen LogP contribution in [0.15, 0.2) is 77.9 Å². The Morgan fingerprint density at radius 1 is 1.06 bits per heavy atom. The van der Waals surface area contributed by atoms with Gasteiger partial charge >= 0.3 is 0 Å². The fraction of sp³-hybridized carbons (Fsp3) is 0.296. The van der Waals surface area contributed by atoms with E-state index in [4.69, 9.17) is 9.72 Å². The van der Waals surface area contributed by atoms with Crippen LogP contribution in [0.25, 0.3) is 5.70 Å². The van der Waals surface area contributed by atoms with E-state index in [2.05, 4.69) is 104 Å². The third-order valence-electron chi connectivity index (χ3n) is 5.93. The van der Waals surface area contributed by atoms with Gasteiger partial charge in [-0.05, 0) is 69.9 Å². The molecular formula is C27H33N5O. The third kappa shape index (κ3) is 5.22. The topological polar surface area (TPSA) is 61.5 Å². The number of nitrogens with one attached hydrogen (secondary N) is 3. The van der Waals surface area contributed by atoms with E-state index in [9.17, 15) is 0 Å². The van der Waals surface area contributed by atoms with Gasteiger partial charge in [0.15, 0.2) is 0 Å². The molecule has 0 fully saturated rings. The molecule has 0 spiro atoms. The summed E-state index contributed by atoms with van der Waals surface area (Å²) in [5.74, 6) is 1.54. The molecule has 172 valence electrons. The zero-order chi connectivity index (χ0) is 23.4.